The summed E-state index contributed by atoms with van der Waals surface area (Å²) >= 11 is 0. The quantitative estimate of drug-likeness (QED) is 0.927. The van der Waals surface area contributed by atoms with Gasteiger partial charge in [-0.15, -0.1) is 0 Å². The Kier molecular flexibility index (Phi) is 3.83. The lowest BCUT2D eigenvalue weighted by atomic mass is 10.0. The standard InChI is InChI=1S/C16H21N3O/c1-3-17-14-9-5-8-13(14)16-18-15(19-20-16)12-7-4-6-11(2)10-12/h4,6-7,10,13-14,17H,3,5,8-9H2,1-2H3. The maximum absolute atomic E-state index is 5.52. The average molecular weight is 271 g/mol. The average Bonchev–Trinajstić information content (AvgIpc) is 3.07. The van der Waals surface area contributed by atoms with Crippen LogP contribution in [-0.4, -0.2) is 22.7 Å². The van der Waals surface area contributed by atoms with Crippen LogP contribution in [0.1, 0.15) is 43.6 Å². The summed E-state index contributed by atoms with van der Waals surface area (Å²) < 4.78 is 5.52. The second kappa shape index (κ2) is 5.75. The van der Waals surface area contributed by atoms with Gasteiger partial charge in [-0.3, -0.25) is 0 Å². The zero-order chi connectivity index (χ0) is 13.9. The molecule has 1 N–H and O–H groups in total. The van der Waals surface area contributed by atoms with Crippen molar-refractivity contribution < 1.29 is 4.52 Å². The van der Waals surface area contributed by atoms with Crippen LogP contribution in [0.2, 0.25) is 0 Å². The van der Waals surface area contributed by atoms with Gasteiger partial charge in [-0.25, -0.2) is 0 Å². The van der Waals surface area contributed by atoms with E-state index in [0.29, 0.717) is 17.8 Å². The molecule has 1 aliphatic carbocycles. The molecule has 1 heterocycles. The maximum atomic E-state index is 5.52. The van der Waals surface area contributed by atoms with Gasteiger partial charge < -0.3 is 9.84 Å². The molecule has 1 aromatic carbocycles. The molecule has 1 saturated carbocycles. The summed E-state index contributed by atoms with van der Waals surface area (Å²) in [5.74, 6) is 1.84. The van der Waals surface area contributed by atoms with Crippen LogP contribution in [0.25, 0.3) is 11.4 Å². The third-order valence-corrected chi connectivity index (χ3v) is 4.02. The van der Waals surface area contributed by atoms with Crippen molar-refractivity contribution in [3.63, 3.8) is 0 Å². The number of aromatic nitrogens is 2. The van der Waals surface area contributed by atoms with E-state index < -0.39 is 0 Å². The Balaban J connectivity index is 1.83. The highest BCUT2D eigenvalue weighted by molar-refractivity contribution is 5.55. The second-order valence-electron chi connectivity index (χ2n) is 5.53. The van der Waals surface area contributed by atoms with Gasteiger partial charge in [0.1, 0.15) is 0 Å². The predicted octanol–water partition coefficient (Wildman–Crippen LogP) is 3.29. The van der Waals surface area contributed by atoms with Gasteiger partial charge in [-0.2, -0.15) is 4.98 Å². The molecule has 0 aliphatic heterocycles. The number of hydrogen-bond acceptors (Lipinski definition) is 4. The highest BCUT2D eigenvalue weighted by Crippen LogP contribution is 2.34. The maximum Gasteiger partial charge on any atom is 0.231 e. The molecule has 1 aromatic heterocycles. The first kappa shape index (κ1) is 13.3. The van der Waals surface area contributed by atoms with Crippen LogP contribution < -0.4 is 5.32 Å². The Morgan fingerprint density at radius 2 is 2.25 bits per heavy atom. The fourth-order valence-corrected chi connectivity index (χ4v) is 3.05. The van der Waals surface area contributed by atoms with Crippen LogP contribution in [0, 0.1) is 6.92 Å². The Morgan fingerprint density at radius 3 is 3.05 bits per heavy atom. The molecule has 106 valence electrons. The van der Waals surface area contributed by atoms with E-state index in [4.69, 9.17) is 4.52 Å². The van der Waals surface area contributed by atoms with Crippen molar-refractivity contribution in [3.8, 4) is 11.4 Å². The van der Waals surface area contributed by atoms with Crippen LogP contribution in [0.4, 0.5) is 0 Å². The number of hydrogen-bond donors (Lipinski definition) is 1. The normalized spacial score (nSPS) is 22.3. The number of nitrogens with zero attached hydrogens (tertiary/aromatic N) is 2. The fourth-order valence-electron chi connectivity index (χ4n) is 3.05. The highest BCUT2D eigenvalue weighted by atomic mass is 16.5. The van der Waals surface area contributed by atoms with Gasteiger partial charge >= 0.3 is 0 Å². The number of nitrogens with one attached hydrogen (secondary N) is 1. The summed E-state index contributed by atoms with van der Waals surface area (Å²) in [5.41, 5.74) is 2.23. The molecule has 2 atom stereocenters. The van der Waals surface area contributed by atoms with E-state index in [1.165, 1.54) is 18.4 Å². The summed E-state index contributed by atoms with van der Waals surface area (Å²) in [6.45, 7) is 5.20. The first-order valence-corrected chi connectivity index (χ1v) is 7.42. The largest absolute Gasteiger partial charge is 0.339 e. The van der Waals surface area contributed by atoms with Gasteiger partial charge in [0.25, 0.3) is 0 Å². The Bertz CT molecular complexity index is 579. The van der Waals surface area contributed by atoms with Gasteiger partial charge in [0, 0.05) is 11.6 Å². The van der Waals surface area contributed by atoms with Gasteiger partial charge in [-0.1, -0.05) is 42.3 Å². The molecule has 2 unspecified atom stereocenters. The first-order chi connectivity index (χ1) is 9.78. The van der Waals surface area contributed by atoms with Crippen LogP contribution in [-0.2, 0) is 0 Å². The number of aryl methyl sites for hydroxylation is 1. The zero-order valence-corrected chi connectivity index (χ0v) is 12.1. The van der Waals surface area contributed by atoms with Crippen LogP contribution in [0.5, 0.6) is 0 Å². The highest BCUT2D eigenvalue weighted by Gasteiger charge is 2.32. The molecular weight excluding hydrogens is 250 g/mol. The number of benzene rings is 1. The van der Waals surface area contributed by atoms with E-state index in [1.54, 1.807) is 0 Å². The second-order valence-corrected chi connectivity index (χ2v) is 5.53. The van der Waals surface area contributed by atoms with Crippen molar-refractivity contribution in [2.24, 2.45) is 0 Å². The topological polar surface area (TPSA) is 51.0 Å². The molecule has 0 radical (unpaired) electrons. The lowest BCUT2D eigenvalue weighted by molar-refractivity contribution is 0.332. The summed E-state index contributed by atoms with van der Waals surface area (Å²) in [4.78, 5) is 4.62. The molecule has 4 nitrogen and oxygen atoms in total. The summed E-state index contributed by atoms with van der Waals surface area (Å²) in [6.07, 6.45) is 3.55. The predicted molar refractivity (Wildman–Crippen MR) is 78.5 cm³/mol. The molecular formula is C16H21N3O. The monoisotopic (exact) mass is 271 g/mol. The van der Waals surface area contributed by atoms with Gasteiger partial charge in [0.05, 0.1) is 5.92 Å². The van der Waals surface area contributed by atoms with E-state index in [-0.39, 0.29) is 0 Å². The number of rotatable bonds is 4. The SMILES string of the molecule is CCNC1CCCC1c1nc(-c2cccc(C)c2)no1. The molecule has 2 aromatic rings. The van der Waals surface area contributed by atoms with Crippen molar-refractivity contribution in [3.05, 3.63) is 35.7 Å². The van der Waals surface area contributed by atoms with E-state index in [9.17, 15) is 0 Å². The summed E-state index contributed by atoms with van der Waals surface area (Å²) in [7, 11) is 0. The molecule has 4 heteroatoms. The fraction of sp³-hybridized carbons (Fsp3) is 0.500. The Morgan fingerprint density at radius 1 is 1.35 bits per heavy atom. The van der Waals surface area contributed by atoms with E-state index in [1.807, 2.05) is 12.1 Å². The molecule has 0 bridgehead atoms. The zero-order valence-electron chi connectivity index (χ0n) is 12.1. The Hall–Kier alpha value is -1.68. The van der Waals surface area contributed by atoms with E-state index in [0.717, 1.165) is 24.4 Å². The van der Waals surface area contributed by atoms with Crippen LogP contribution in [0.3, 0.4) is 0 Å². The number of likely N-dealkylation sites (N-methyl/N-ethyl adjacent to an activating group) is 1. The summed E-state index contributed by atoms with van der Waals surface area (Å²) in [6, 6.07) is 8.69. The summed E-state index contributed by atoms with van der Waals surface area (Å²) in [5, 5.41) is 7.68. The lowest BCUT2D eigenvalue weighted by Crippen LogP contribution is -2.31. The third-order valence-electron chi connectivity index (χ3n) is 4.02. The minimum atomic E-state index is 0.362. The first-order valence-electron chi connectivity index (χ1n) is 7.42. The van der Waals surface area contributed by atoms with Gasteiger partial charge in [0.2, 0.25) is 11.7 Å². The van der Waals surface area contributed by atoms with E-state index in [2.05, 4.69) is 41.4 Å². The molecule has 1 fully saturated rings. The van der Waals surface area contributed by atoms with Crippen molar-refractivity contribution in [1.29, 1.82) is 0 Å². The van der Waals surface area contributed by atoms with E-state index >= 15 is 0 Å². The molecule has 0 amide bonds. The van der Waals surface area contributed by atoms with Crippen molar-refractivity contribution in [2.45, 2.75) is 45.1 Å². The lowest BCUT2D eigenvalue weighted by Gasteiger charge is -2.16. The molecule has 0 saturated heterocycles. The third kappa shape index (κ3) is 2.61. The molecule has 3 rings (SSSR count). The van der Waals surface area contributed by atoms with Crippen molar-refractivity contribution in [2.75, 3.05) is 6.54 Å². The molecule has 1 aliphatic rings. The molecule has 20 heavy (non-hydrogen) atoms. The van der Waals surface area contributed by atoms with Gasteiger partial charge in [-0.05, 0) is 32.4 Å². The smallest absolute Gasteiger partial charge is 0.231 e. The van der Waals surface area contributed by atoms with Crippen molar-refractivity contribution >= 4 is 0 Å². The molecule has 0 spiro atoms. The minimum absolute atomic E-state index is 0.362. The van der Waals surface area contributed by atoms with Gasteiger partial charge in [0.15, 0.2) is 0 Å². The Labute approximate surface area is 119 Å². The minimum Gasteiger partial charge on any atom is -0.339 e. The van der Waals surface area contributed by atoms with Crippen LogP contribution >= 0.6 is 0 Å². The van der Waals surface area contributed by atoms with Crippen molar-refractivity contribution in [1.82, 2.24) is 15.5 Å². The van der Waals surface area contributed by atoms with Crippen LogP contribution in [0.15, 0.2) is 28.8 Å².